The highest BCUT2D eigenvalue weighted by atomic mass is 32.1. The minimum absolute atomic E-state index is 0.285. The summed E-state index contributed by atoms with van der Waals surface area (Å²) in [7, 11) is 1.81. The molecule has 1 amide bonds. The van der Waals surface area contributed by atoms with Crippen molar-refractivity contribution in [3.05, 3.63) is 16.0 Å². The molecule has 0 fully saturated rings. The standard InChI is InChI=1S/C13H20N2O2S/c1-12(2)6-7-8(10(14)16)11(15-5)18-9(7)13(3,4)17-12/h15H,6H2,1-5H3,(H2,14,16). The number of nitrogens with two attached hydrogens (primary N) is 1. The van der Waals surface area contributed by atoms with E-state index in [2.05, 4.69) is 5.32 Å². The summed E-state index contributed by atoms with van der Waals surface area (Å²) >= 11 is 1.56. The van der Waals surface area contributed by atoms with E-state index in [9.17, 15) is 4.79 Å². The van der Waals surface area contributed by atoms with Gasteiger partial charge in [0.1, 0.15) is 5.00 Å². The normalized spacial score (nSPS) is 20.3. The van der Waals surface area contributed by atoms with Crippen molar-refractivity contribution >= 4 is 22.2 Å². The summed E-state index contributed by atoms with van der Waals surface area (Å²) in [6.07, 6.45) is 0.711. The Bertz CT molecular complexity index is 503. The molecule has 1 aliphatic heterocycles. The number of carbonyl (C=O) groups excluding carboxylic acids is 1. The molecule has 0 saturated carbocycles. The molecule has 5 heteroatoms. The first-order valence-corrected chi connectivity index (χ1v) is 6.83. The van der Waals surface area contributed by atoms with E-state index in [0.29, 0.717) is 12.0 Å². The van der Waals surface area contributed by atoms with Crippen LogP contribution in [0, 0.1) is 0 Å². The van der Waals surface area contributed by atoms with E-state index in [0.717, 1.165) is 15.4 Å². The number of anilines is 1. The second-order valence-electron chi connectivity index (χ2n) is 5.78. The van der Waals surface area contributed by atoms with Crippen LogP contribution in [0.1, 0.15) is 48.5 Å². The van der Waals surface area contributed by atoms with Gasteiger partial charge in [-0.2, -0.15) is 0 Å². The number of fused-ring (bicyclic) bond motifs is 1. The molecule has 2 heterocycles. The number of hydrogen-bond donors (Lipinski definition) is 2. The van der Waals surface area contributed by atoms with E-state index in [1.165, 1.54) is 0 Å². The lowest BCUT2D eigenvalue weighted by Crippen LogP contribution is -2.42. The predicted octanol–water partition coefficient (Wildman–Crippen LogP) is 2.48. The Hall–Kier alpha value is -1.07. The van der Waals surface area contributed by atoms with Crippen LogP contribution in [0.15, 0.2) is 0 Å². The Balaban J connectivity index is 2.67. The van der Waals surface area contributed by atoms with Crippen LogP contribution in [0.5, 0.6) is 0 Å². The molecule has 0 aromatic carbocycles. The van der Waals surface area contributed by atoms with Crippen molar-refractivity contribution in [2.24, 2.45) is 5.73 Å². The largest absolute Gasteiger partial charge is 0.379 e. The predicted molar refractivity (Wildman–Crippen MR) is 74.3 cm³/mol. The molecule has 0 bridgehead atoms. The maximum absolute atomic E-state index is 11.7. The van der Waals surface area contributed by atoms with E-state index in [1.54, 1.807) is 11.3 Å². The van der Waals surface area contributed by atoms with Crippen molar-refractivity contribution < 1.29 is 9.53 Å². The second-order valence-corrected chi connectivity index (χ2v) is 6.80. The SMILES string of the molecule is CNc1sc2c(c1C(N)=O)CC(C)(C)OC2(C)C. The van der Waals surface area contributed by atoms with E-state index < -0.39 is 0 Å². The van der Waals surface area contributed by atoms with Gasteiger partial charge in [-0.15, -0.1) is 11.3 Å². The van der Waals surface area contributed by atoms with Crippen LogP contribution >= 0.6 is 11.3 Å². The van der Waals surface area contributed by atoms with Gasteiger partial charge in [0.2, 0.25) is 0 Å². The molecule has 1 aromatic rings. The molecule has 18 heavy (non-hydrogen) atoms. The van der Waals surface area contributed by atoms with Gasteiger partial charge in [-0.3, -0.25) is 4.79 Å². The first kappa shape index (κ1) is 13.4. The lowest BCUT2D eigenvalue weighted by atomic mass is 9.86. The van der Waals surface area contributed by atoms with Gasteiger partial charge < -0.3 is 15.8 Å². The lowest BCUT2D eigenvalue weighted by molar-refractivity contribution is -0.135. The number of amides is 1. The fraction of sp³-hybridized carbons (Fsp3) is 0.615. The van der Waals surface area contributed by atoms with E-state index >= 15 is 0 Å². The van der Waals surface area contributed by atoms with Crippen molar-refractivity contribution in [3.8, 4) is 0 Å². The van der Waals surface area contributed by atoms with Crippen LogP contribution in [0.2, 0.25) is 0 Å². The molecule has 1 aliphatic rings. The summed E-state index contributed by atoms with van der Waals surface area (Å²) in [4.78, 5) is 12.8. The third kappa shape index (κ3) is 2.01. The van der Waals surface area contributed by atoms with E-state index in [-0.39, 0.29) is 17.1 Å². The molecule has 100 valence electrons. The molecule has 0 aliphatic carbocycles. The molecule has 4 nitrogen and oxygen atoms in total. The maximum atomic E-state index is 11.7. The lowest BCUT2D eigenvalue weighted by Gasteiger charge is -2.41. The number of thiophene rings is 1. The Labute approximate surface area is 112 Å². The zero-order chi connectivity index (χ0) is 13.7. The van der Waals surface area contributed by atoms with Gasteiger partial charge in [0, 0.05) is 18.3 Å². The molecule has 0 atom stereocenters. The van der Waals surface area contributed by atoms with Gasteiger partial charge >= 0.3 is 0 Å². The zero-order valence-corrected chi connectivity index (χ0v) is 12.3. The Kier molecular flexibility index (Phi) is 2.94. The monoisotopic (exact) mass is 268 g/mol. The number of primary amides is 1. The topological polar surface area (TPSA) is 64.3 Å². The fourth-order valence-corrected chi connectivity index (χ4v) is 3.97. The molecular formula is C13H20N2O2S. The average Bonchev–Trinajstić information content (AvgIpc) is 2.53. The molecular weight excluding hydrogens is 248 g/mol. The van der Waals surface area contributed by atoms with Crippen LogP contribution in [0.3, 0.4) is 0 Å². The third-order valence-corrected chi connectivity index (χ3v) is 4.72. The van der Waals surface area contributed by atoms with Crippen molar-refractivity contribution in [1.82, 2.24) is 0 Å². The fourth-order valence-electron chi connectivity index (χ4n) is 2.76. The molecule has 0 saturated heterocycles. The molecule has 0 radical (unpaired) electrons. The summed E-state index contributed by atoms with van der Waals surface area (Å²) in [5.41, 5.74) is 6.52. The molecule has 0 spiro atoms. The van der Waals surface area contributed by atoms with E-state index in [4.69, 9.17) is 10.5 Å². The Morgan fingerprint density at radius 3 is 2.50 bits per heavy atom. The van der Waals surface area contributed by atoms with Crippen molar-refractivity contribution in [1.29, 1.82) is 0 Å². The van der Waals surface area contributed by atoms with Crippen LogP contribution in [0.25, 0.3) is 0 Å². The smallest absolute Gasteiger partial charge is 0.251 e. The maximum Gasteiger partial charge on any atom is 0.251 e. The quantitative estimate of drug-likeness (QED) is 0.866. The van der Waals surface area contributed by atoms with Crippen molar-refractivity contribution in [3.63, 3.8) is 0 Å². The van der Waals surface area contributed by atoms with Gasteiger partial charge in [-0.05, 0) is 33.3 Å². The van der Waals surface area contributed by atoms with Crippen molar-refractivity contribution in [2.75, 3.05) is 12.4 Å². The van der Waals surface area contributed by atoms with Gasteiger partial charge in [0.25, 0.3) is 5.91 Å². The summed E-state index contributed by atoms with van der Waals surface area (Å²) < 4.78 is 6.11. The third-order valence-electron chi connectivity index (χ3n) is 3.16. The number of rotatable bonds is 2. The first-order chi connectivity index (χ1) is 8.18. The van der Waals surface area contributed by atoms with Crippen LogP contribution < -0.4 is 11.1 Å². The number of hydrogen-bond acceptors (Lipinski definition) is 4. The summed E-state index contributed by atoms with van der Waals surface area (Å²) in [6, 6.07) is 0. The van der Waals surface area contributed by atoms with Crippen LogP contribution in [0.4, 0.5) is 5.00 Å². The number of ether oxygens (including phenoxy) is 1. The highest BCUT2D eigenvalue weighted by molar-refractivity contribution is 7.16. The molecule has 2 rings (SSSR count). The Morgan fingerprint density at radius 2 is 2.00 bits per heavy atom. The summed E-state index contributed by atoms with van der Waals surface area (Å²) in [5, 5.41) is 3.90. The van der Waals surface area contributed by atoms with Gasteiger partial charge in [0.15, 0.2) is 0 Å². The average molecular weight is 268 g/mol. The van der Waals surface area contributed by atoms with Gasteiger partial charge in [-0.25, -0.2) is 0 Å². The second kappa shape index (κ2) is 3.96. The molecule has 1 aromatic heterocycles. The van der Waals surface area contributed by atoms with E-state index in [1.807, 2.05) is 34.7 Å². The number of nitrogens with one attached hydrogen (secondary N) is 1. The van der Waals surface area contributed by atoms with Gasteiger partial charge in [-0.1, -0.05) is 0 Å². The number of carbonyl (C=O) groups is 1. The van der Waals surface area contributed by atoms with Crippen LogP contribution in [-0.2, 0) is 16.8 Å². The van der Waals surface area contributed by atoms with Crippen molar-refractivity contribution in [2.45, 2.75) is 45.3 Å². The minimum atomic E-state index is -0.388. The van der Waals surface area contributed by atoms with Crippen LogP contribution in [-0.4, -0.2) is 18.6 Å². The zero-order valence-electron chi connectivity index (χ0n) is 11.5. The summed E-state index contributed by atoms with van der Waals surface area (Å²) in [5.74, 6) is -0.370. The minimum Gasteiger partial charge on any atom is -0.379 e. The highest BCUT2D eigenvalue weighted by Gasteiger charge is 2.42. The van der Waals surface area contributed by atoms with Gasteiger partial charge in [0.05, 0.1) is 16.8 Å². The highest BCUT2D eigenvalue weighted by Crippen LogP contribution is 2.47. The Morgan fingerprint density at radius 1 is 1.39 bits per heavy atom. The molecule has 3 N–H and O–H groups in total. The first-order valence-electron chi connectivity index (χ1n) is 6.02. The molecule has 0 unspecified atom stereocenters. The summed E-state index contributed by atoms with van der Waals surface area (Å²) in [6.45, 7) is 8.15.